The molecule has 2 N–H and O–H groups in total. The van der Waals surface area contributed by atoms with Gasteiger partial charge in [0.25, 0.3) is 0 Å². The van der Waals surface area contributed by atoms with Crippen molar-refractivity contribution in [1.82, 2.24) is 10.2 Å². The molecule has 0 heterocycles. The Kier molecular flexibility index (Phi) is 6.09. The third-order valence-electron chi connectivity index (χ3n) is 4.40. The standard InChI is InChI=1S/C14H28N2O2/c1-4-5-10-16(3)11-8-12-7-6-9-14(12,15-2)13(17)18/h12,15H,4-11H2,1-3H3,(H,17,18). The van der Waals surface area contributed by atoms with E-state index in [4.69, 9.17) is 0 Å². The zero-order valence-corrected chi connectivity index (χ0v) is 12.0. The second-order valence-electron chi connectivity index (χ2n) is 5.56. The molecule has 1 fully saturated rings. The SMILES string of the molecule is CCCCN(C)CCC1CCCC1(NC)C(=O)O. The quantitative estimate of drug-likeness (QED) is 0.697. The molecule has 1 rings (SSSR count). The first-order chi connectivity index (χ1) is 8.56. The van der Waals surface area contributed by atoms with Crippen molar-refractivity contribution < 1.29 is 9.90 Å². The van der Waals surface area contributed by atoms with Crippen LogP contribution in [0.5, 0.6) is 0 Å². The molecule has 1 aliphatic rings. The summed E-state index contributed by atoms with van der Waals surface area (Å²) in [7, 11) is 3.92. The molecule has 18 heavy (non-hydrogen) atoms. The Balaban J connectivity index is 2.47. The summed E-state index contributed by atoms with van der Waals surface area (Å²) < 4.78 is 0. The number of hydrogen-bond acceptors (Lipinski definition) is 3. The fraction of sp³-hybridized carbons (Fsp3) is 0.929. The van der Waals surface area contributed by atoms with Crippen LogP contribution in [0.2, 0.25) is 0 Å². The Morgan fingerprint density at radius 3 is 2.78 bits per heavy atom. The van der Waals surface area contributed by atoms with E-state index in [0.717, 1.165) is 38.8 Å². The maximum absolute atomic E-state index is 11.5. The van der Waals surface area contributed by atoms with Crippen LogP contribution in [0, 0.1) is 5.92 Å². The van der Waals surface area contributed by atoms with Gasteiger partial charge in [-0.25, -0.2) is 0 Å². The number of nitrogens with one attached hydrogen (secondary N) is 1. The van der Waals surface area contributed by atoms with Crippen LogP contribution < -0.4 is 5.32 Å². The summed E-state index contributed by atoms with van der Waals surface area (Å²) in [6.07, 6.45) is 6.24. The summed E-state index contributed by atoms with van der Waals surface area (Å²) in [5.74, 6) is -0.409. The second-order valence-corrected chi connectivity index (χ2v) is 5.56. The number of carboxylic acids is 1. The van der Waals surface area contributed by atoms with E-state index in [-0.39, 0.29) is 5.92 Å². The molecule has 0 bridgehead atoms. The van der Waals surface area contributed by atoms with Gasteiger partial charge in [0, 0.05) is 0 Å². The van der Waals surface area contributed by atoms with Crippen LogP contribution in [-0.4, -0.2) is 48.7 Å². The fourth-order valence-electron chi connectivity index (χ4n) is 3.10. The number of hydrogen-bond donors (Lipinski definition) is 2. The van der Waals surface area contributed by atoms with Gasteiger partial charge in [-0.1, -0.05) is 19.8 Å². The average molecular weight is 256 g/mol. The summed E-state index contributed by atoms with van der Waals surface area (Å²) in [5, 5.41) is 12.5. The number of carboxylic acid groups (broad SMARTS) is 1. The minimum atomic E-state index is -0.677. The maximum atomic E-state index is 11.5. The Labute approximate surface area is 111 Å². The molecular formula is C14H28N2O2. The highest BCUT2D eigenvalue weighted by molar-refractivity contribution is 5.79. The van der Waals surface area contributed by atoms with Crippen LogP contribution in [0.15, 0.2) is 0 Å². The van der Waals surface area contributed by atoms with Crippen LogP contribution in [-0.2, 0) is 4.79 Å². The molecule has 2 unspecified atom stereocenters. The van der Waals surface area contributed by atoms with E-state index >= 15 is 0 Å². The highest BCUT2D eigenvalue weighted by atomic mass is 16.4. The molecule has 4 heteroatoms. The Morgan fingerprint density at radius 2 is 2.22 bits per heavy atom. The monoisotopic (exact) mass is 256 g/mol. The summed E-state index contributed by atoms with van der Waals surface area (Å²) in [6, 6.07) is 0. The van der Waals surface area contributed by atoms with E-state index in [1.54, 1.807) is 7.05 Å². The Hall–Kier alpha value is -0.610. The van der Waals surface area contributed by atoms with Gasteiger partial charge in [-0.15, -0.1) is 0 Å². The molecule has 0 aromatic carbocycles. The molecule has 0 aromatic rings. The maximum Gasteiger partial charge on any atom is 0.324 e. The molecule has 106 valence electrons. The molecule has 0 aliphatic heterocycles. The normalized spacial score (nSPS) is 27.9. The van der Waals surface area contributed by atoms with Gasteiger partial charge in [-0.05, 0) is 58.8 Å². The van der Waals surface area contributed by atoms with Crippen LogP contribution in [0.25, 0.3) is 0 Å². The van der Waals surface area contributed by atoms with Gasteiger partial charge in [0.15, 0.2) is 0 Å². The lowest BCUT2D eigenvalue weighted by atomic mass is 9.84. The molecule has 0 aromatic heterocycles. The van der Waals surface area contributed by atoms with Crippen LogP contribution in [0.3, 0.4) is 0 Å². The molecule has 4 nitrogen and oxygen atoms in total. The first-order valence-electron chi connectivity index (χ1n) is 7.17. The molecule has 0 saturated heterocycles. The van der Waals surface area contributed by atoms with Crippen molar-refractivity contribution in [2.45, 2.75) is 51.0 Å². The molecule has 0 amide bonds. The number of likely N-dealkylation sites (N-methyl/N-ethyl adjacent to an activating group) is 1. The highest BCUT2D eigenvalue weighted by Crippen LogP contribution is 2.38. The highest BCUT2D eigenvalue weighted by Gasteiger charge is 2.47. The number of carbonyl (C=O) groups is 1. The van der Waals surface area contributed by atoms with Crippen molar-refractivity contribution in [2.75, 3.05) is 27.2 Å². The van der Waals surface area contributed by atoms with Crippen molar-refractivity contribution in [3.05, 3.63) is 0 Å². The minimum Gasteiger partial charge on any atom is -0.480 e. The zero-order chi connectivity index (χ0) is 13.6. The van der Waals surface area contributed by atoms with Gasteiger partial charge >= 0.3 is 5.97 Å². The molecule has 2 atom stereocenters. The number of aliphatic carboxylic acids is 1. The lowest BCUT2D eigenvalue weighted by molar-refractivity contribution is -0.146. The zero-order valence-electron chi connectivity index (χ0n) is 12.0. The fourth-order valence-corrected chi connectivity index (χ4v) is 3.10. The first kappa shape index (κ1) is 15.4. The smallest absolute Gasteiger partial charge is 0.324 e. The predicted octanol–water partition coefficient (Wildman–Crippen LogP) is 1.95. The Morgan fingerprint density at radius 1 is 1.50 bits per heavy atom. The van der Waals surface area contributed by atoms with Crippen LogP contribution >= 0.6 is 0 Å². The molecule has 1 aliphatic carbocycles. The van der Waals surface area contributed by atoms with Crippen molar-refractivity contribution >= 4 is 5.97 Å². The van der Waals surface area contributed by atoms with Crippen LogP contribution in [0.1, 0.15) is 45.4 Å². The van der Waals surface area contributed by atoms with E-state index in [1.807, 2.05) is 0 Å². The summed E-state index contributed by atoms with van der Waals surface area (Å²) in [5.41, 5.74) is -0.675. The number of nitrogens with zero attached hydrogens (tertiary/aromatic N) is 1. The third kappa shape index (κ3) is 3.45. The van der Waals surface area contributed by atoms with Crippen LogP contribution in [0.4, 0.5) is 0 Å². The van der Waals surface area contributed by atoms with Gasteiger partial charge < -0.3 is 15.3 Å². The van der Waals surface area contributed by atoms with Gasteiger partial charge in [0.1, 0.15) is 5.54 Å². The summed E-state index contributed by atoms with van der Waals surface area (Å²) >= 11 is 0. The third-order valence-corrected chi connectivity index (χ3v) is 4.40. The van der Waals surface area contributed by atoms with Gasteiger partial charge in [-0.2, -0.15) is 0 Å². The lowest BCUT2D eigenvalue weighted by Crippen LogP contribution is -2.53. The van der Waals surface area contributed by atoms with E-state index in [2.05, 4.69) is 24.2 Å². The molecular weight excluding hydrogens is 228 g/mol. The summed E-state index contributed by atoms with van der Waals surface area (Å²) in [4.78, 5) is 13.8. The van der Waals surface area contributed by atoms with Crippen molar-refractivity contribution in [3.63, 3.8) is 0 Å². The van der Waals surface area contributed by atoms with E-state index in [1.165, 1.54) is 12.8 Å². The second kappa shape index (κ2) is 7.10. The predicted molar refractivity (Wildman–Crippen MR) is 73.8 cm³/mol. The number of rotatable bonds is 8. The topological polar surface area (TPSA) is 52.6 Å². The van der Waals surface area contributed by atoms with Crippen molar-refractivity contribution in [2.24, 2.45) is 5.92 Å². The van der Waals surface area contributed by atoms with Crippen molar-refractivity contribution in [1.29, 1.82) is 0 Å². The average Bonchev–Trinajstić information content (AvgIpc) is 2.77. The largest absolute Gasteiger partial charge is 0.480 e. The van der Waals surface area contributed by atoms with E-state index < -0.39 is 11.5 Å². The lowest BCUT2D eigenvalue weighted by Gasteiger charge is -2.32. The van der Waals surface area contributed by atoms with E-state index in [0.29, 0.717) is 0 Å². The number of unbranched alkanes of at least 4 members (excludes halogenated alkanes) is 1. The minimum absolute atomic E-state index is 0.268. The molecule has 0 radical (unpaired) electrons. The van der Waals surface area contributed by atoms with Crippen molar-refractivity contribution in [3.8, 4) is 0 Å². The molecule has 0 spiro atoms. The van der Waals surface area contributed by atoms with E-state index in [9.17, 15) is 9.90 Å². The first-order valence-corrected chi connectivity index (χ1v) is 7.17. The van der Waals surface area contributed by atoms with Gasteiger partial charge in [-0.3, -0.25) is 4.79 Å². The summed E-state index contributed by atoms with van der Waals surface area (Å²) in [6.45, 7) is 4.31. The molecule has 1 saturated carbocycles. The van der Waals surface area contributed by atoms with Gasteiger partial charge in [0.2, 0.25) is 0 Å². The van der Waals surface area contributed by atoms with Gasteiger partial charge in [0.05, 0.1) is 0 Å². The Bertz CT molecular complexity index is 271.